The van der Waals surface area contributed by atoms with Crippen LogP contribution in [0, 0.1) is 5.82 Å². The molecule has 0 bridgehead atoms. The van der Waals surface area contributed by atoms with Crippen LogP contribution in [-0.2, 0) is 12.7 Å². The van der Waals surface area contributed by atoms with Crippen LogP contribution in [0.15, 0.2) is 18.2 Å². The molecule has 2 nitrogen and oxygen atoms in total. The van der Waals surface area contributed by atoms with E-state index in [0.29, 0.717) is 18.7 Å². The molecule has 1 atom stereocenters. The summed E-state index contributed by atoms with van der Waals surface area (Å²) in [5.74, 6) is -1.23. The molecule has 1 aliphatic rings. The van der Waals surface area contributed by atoms with Crippen molar-refractivity contribution in [1.82, 2.24) is 4.90 Å². The van der Waals surface area contributed by atoms with Gasteiger partial charge in [-0.05, 0) is 37.1 Å². The van der Waals surface area contributed by atoms with Gasteiger partial charge in [-0.2, -0.15) is 13.2 Å². The van der Waals surface area contributed by atoms with Crippen molar-refractivity contribution in [3.63, 3.8) is 0 Å². The monoisotopic (exact) mass is 290 g/mol. The Balaban J connectivity index is 2.17. The maximum atomic E-state index is 13.2. The van der Waals surface area contributed by atoms with Gasteiger partial charge in [-0.3, -0.25) is 4.90 Å². The zero-order valence-electron chi connectivity index (χ0n) is 11.1. The molecular weight excluding hydrogens is 272 g/mol. The maximum Gasteiger partial charge on any atom is 0.419 e. The quantitative estimate of drug-likeness (QED) is 0.866. The van der Waals surface area contributed by atoms with E-state index in [1.54, 1.807) is 0 Å². The Labute approximate surface area is 115 Å². The predicted octanol–water partition coefficient (Wildman–Crippen LogP) is 3.16. The molecule has 0 aromatic heterocycles. The van der Waals surface area contributed by atoms with Gasteiger partial charge in [-0.1, -0.05) is 12.5 Å². The predicted molar refractivity (Wildman–Crippen MR) is 68.5 cm³/mol. The number of hydrogen-bond donors (Lipinski definition) is 1. The number of nitrogens with two attached hydrogens (primary N) is 1. The standard InChI is InChI=1S/C14H18F4N2/c15-13-5-4-10(7-12(13)14(16,17)18)9-20-6-2-1-3-11(20)8-19/h4-5,7,11H,1-3,6,8-9,19H2. The van der Waals surface area contributed by atoms with Gasteiger partial charge in [0.15, 0.2) is 0 Å². The van der Waals surface area contributed by atoms with Crippen molar-refractivity contribution in [2.45, 2.75) is 38.0 Å². The van der Waals surface area contributed by atoms with E-state index in [0.717, 1.165) is 37.9 Å². The average molecular weight is 290 g/mol. The van der Waals surface area contributed by atoms with Gasteiger partial charge in [-0.25, -0.2) is 4.39 Å². The fourth-order valence-corrected chi connectivity index (χ4v) is 2.66. The number of likely N-dealkylation sites (tertiary alicyclic amines) is 1. The van der Waals surface area contributed by atoms with Crippen molar-refractivity contribution in [2.75, 3.05) is 13.1 Å². The van der Waals surface area contributed by atoms with Crippen molar-refractivity contribution in [3.8, 4) is 0 Å². The molecule has 1 unspecified atom stereocenters. The number of rotatable bonds is 3. The summed E-state index contributed by atoms with van der Waals surface area (Å²) in [7, 11) is 0. The summed E-state index contributed by atoms with van der Waals surface area (Å²) in [4.78, 5) is 2.08. The normalized spacial score (nSPS) is 21.1. The van der Waals surface area contributed by atoms with Crippen LogP contribution in [0.25, 0.3) is 0 Å². The van der Waals surface area contributed by atoms with Gasteiger partial charge in [0.2, 0.25) is 0 Å². The van der Waals surface area contributed by atoms with Crippen LogP contribution in [0.3, 0.4) is 0 Å². The number of nitrogens with zero attached hydrogens (tertiary/aromatic N) is 1. The third kappa shape index (κ3) is 3.49. The van der Waals surface area contributed by atoms with E-state index in [1.807, 2.05) is 0 Å². The van der Waals surface area contributed by atoms with Crippen molar-refractivity contribution in [1.29, 1.82) is 0 Å². The maximum absolute atomic E-state index is 13.2. The molecule has 1 saturated heterocycles. The Bertz CT molecular complexity index is 459. The van der Waals surface area contributed by atoms with Gasteiger partial charge in [0.05, 0.1) is 5.56 Å². The van der Waals surface area contributed by atoms with Crippen molar-refractivity contribution in [2.24, 2.45) is 5.73 Å². The van der Waals surface area contributed by atoms with Crippen LogP contribution in [0.5, 0.6) is 0 Å². The molecule has 112 valence electrons. The van der Waals surface area contributed by atoms with E-state index in [2.05, 4.69) is 4.90 Å². The molecule has 1 heterocycles. The lowest BCUT2D eigenvalue weighted by Gasteiger charge is -2.35. The summed E-state index contributed by atoms with van der Waals surface area (Å²) in [6.07, 6.45) is -1.58. The number of piperidine rings is 1. The number of benzene rings is 1. The van der Waals surface area contributed by atoms with Crippen LogP contribution in [0.1, 0.15) is 30.4 Å². The first-order chi connectivity index (χ1) is 9.41. The largest absolute Gasteiger partial charge is 0.419 e. The molecule has 0 saturated carbocycles. The van der Waals surface area contributed by atoms with Gasteiger partial charge in [0.25, 0.3) is 0 Å². The smallest absolute Gasteiger partial charge is 0.329 e. The number of hydrogen-bond acceptors (Lipinski definition) is 2. The van der Waals surface area contributed by atoms with Crippen molar-refractivity contribution in [3.05, 3.63) is 35.1 Å². The SMILES string of the molecule is NCC1CCCCN1Cc1ccc(F)c(C(F)(F)F)c1. The third-order valence-electron chi connectivity index (χ3n) is 3.74. The highest BCUT2D eigenvalue weighted by atomic mass is 19.4. The first-order valence-electron chi connectivity index (χ1n) is 6.71. The Kier molecular flexibility index (Phi) is 4.65. The summed E-state index contributed by atoms with van der Waals surface area (Å²) >= 11 is 0. The molecule has 6 heteroatoms. The van der Waals surface area contributed by atoms with Crippen LogP contribution in [0.4, 0.5) is 17.6 Å². The van der Waals surface area contributed by atoms with Crippen LogP contribution < -0.4 is 5.73 Å². The lowest BCUT2D eigenvalue weighted by molar-refractivity contribution is -0.140. The Morgan fingerprint density at radius 3 is 2.65 bits per heavy atom. The van der Waals surface area contributed by atoms with Gasteiger partial charge >= 0.3 is 6.18 Å². The molecule has 1 aliphatic heterocycles. The average Bonchev–Trinajstić information content (AvgIpc) is 2.40. The molecule has 20 heavy (non-hydrogen) atoms. The molecule has 2 rings (SSSR count). The molecule has 0 spiro atoms. The molecule has 0 amide bonds. The van der Waals surface area contributed by atoms with E-state index in [9.17, 15) is 17.6 Å². The topological polar surface area (TPSA) is 29.3 Å². The molecule has 2 N–H and O–H groups in total. The minimum atomic E-state index is -4.66. The Morgan fingerprint density at radius 1 is 1.25 bits per heavy atom. The minimum Gasteiger partial charge on any atom is -0.329 e. The highest BCUT2D eigenvalue weighted by Gasteiger charge is 2.34. The molecular formula is C14H18F4N2. The van der Waals surface area contributed by atoms with Gasteiger partial charge in [-0.15, -0.1) is 0 Å². The van der Waals surface area contributed by atoms with Gasteiger partial charge < -0.3 is 5.73 Å². The van der Waals surface area contributed by atoms with Crippen molar-refractivity contribution < 1.29 is 17.6 Å². The molecule has 1 aromatic rings. The first-order valence-corrected chi connectivity index (χ1v) is 6.71. The number of alkyl halides is 3. The highest BCUT2D eigenvalue weighted by Crippen LogP contribution is 2.32. The lowest BCUT2D eigenvalue weighted by atomic mass is 10.0. The zero-order chi connectivity index (χ0) is 14.8. The van der Waals surface area contributed by atoms with E-state index < -0.39 is 17.6 Å². The second-order valence-electron chi connectivity index (χ2n) is 5.17. The molecule has 0 radical (unpaired) electrons. The van der Waals surface area contributed by atoms with Crippen molar-refractivity contribution >= 4 is 0 Å². The summed E-state index contributed by atoms with van der Waals surface area (Å²) in [5, 5.41) is 0. The molecule has 0 aliphatic carbocycles. The minimum absolute atomic E-state index is 0.197. The Hall–Kier alpha value is -1.14. The fraction of sp³-hybridized carbons (Fsp3) is 0.571. The van der Waals surface area contributed by atoms with Crippen LogP contribution in [-0.4, -0.2) is 24.0 Å². The van der Waals surface area contributed by atoms with E-state index in [-0.39, 0.29) is 6.04 Å². The van der Waals surface area contributed by atoms with E-state index in [1.165, 1.54) is 6.07 Å². The second kappa shape index (κ2) is 6.10. The number of halogens is 4. The first kappa shape index (κ1) is 15.3. The van der Waals surface area contributed by atoms with Crippen LogP contribution >= 0.6 is 0 Å². The summed E-state index contributed by atoms with van der Waals surface area (Å²) < 4.78 is 51.3. The summed E-state index contributed by atoms with van der Waals surface area (Å²) in [6, 6.07) is 3.40. The van der Waals surface area contributed by atoms with E-state index >= 15 is 0 Å². The second-order valence-corrected chi connectivity index (χ2v) is 5.17. The zero-order valence-corrected chi connectivity index (χ0v) is 11.1. The Morgan fingerprint density at radius 2 is 2.00 bits per heavy atom. The fourth-order valence-electron chi connectivity index (χ4n) is 2.66. The molecule has 1 fully saturated rings. The van der Waals surface area contributed by atoms with Gasteiger partial charge in [0, 0.05) is 19.1 Å². The van der Waals surface area contributed by atoms with E-state index in [4.69, 9.17) is 5.73 Å². The lowest BCUT2D eigenvalue weighted by Crippen LogP contribution is -2.43. The molecule has 1 aromatic carbocycles. The summed E-state index contributed by atoms with van der Waals surface area (Å²) in [5.41, 5.74) is 4.96. The summed E-state index contributed by atoms with van der Waals surface area (Å²) in [6.45, 7) is 1.69. The van der Waals surface area contributed by atoms with Crippen LogP contribution in [0.2, 0.25) is 0 Å². The highest BCUT2D eigenvalue weighted by molar-refractivity contribution is 5.27. The third-order valence-corrected chi connectivity index (χ3v) is 3.74. The van der Waals surface area contributed by atoms with Gasteiger partial charge in [0.1, 0.15) is 5.82 Å².